The van der Waals surface area contributed by atoms with Gasteiger partial charge in [-0.15, -0.1) is 0 Å². The van der Waals surface area contributed by atoms with Gasteiger partial charge in [0.15, 0.2) is 0 Å². The second-order valence-electron chi connectivity index (χ2n) is 5.60. The van der Waals surface area contributed by atoms with E-state index in [0.717, 1.165) is 0 Å². The minimum absolute atomic E-state index is 0.349. The van der Waals surface area contributed by atoms with Crippen LogP contribution >= 0.6 is 0 Å². The van der Waals surface area contributed by atoms with Crippen molar-refractivity contribution in [1.29, 1.82) is 0 Å². The van der Waals surface area contributed by atoms with Gasteiger partial charge in [0.25, 0.3) is 0 Å². The van der Waals surface area contributed by atoms with Gasteiger partial charge in [-0.2, -0.15) is 0 Å². The average Bonchev–Trinajstić information content (AvgIpc) is 2.40. The zero-order chi connectivity index (χ0) is 13.8. The van der Waals surface area contributed by atoms with Crippen LogP contribution < -0.4 is 5.32 Å². The lowest BCUT2D eigenvalue weighted by atomic mass is 9.95. The molecule has 1 unspecified atom stereocenters. The lowest BCUT2D eigenvalue weighted by Gasteiger charge is -2.25. The fraction of sp³-hybridized carbons (Fsp3) is 0.333. The molecule has 19 heavy (non-hydrogen) atoms. The molecule has 2 rings (SSSR count). The van der Waals surface area contributed by atoms with Crippen molar-refractivity contribution in [2.75, 3.05) is 5.32 Å². The molecule has 100 valence electrons. The largest absolute Gasteiger partial charge is 0.378 e. The summed E-state index contributed by atoms with van der Waals surface area (Å²) >= 11 is 0. The second kappa shape index (κ2) is 5.92. The zero-order valence-electron chi connectivity index (χ0n) is 12.3. The fourth-order valence-electron chi connectivity index (χ4n) is 2.35. The Kier molecular flexibility index (Phi) is 4.26. The summed E-state index contributed by atoms with van der Waals surface area (Å²) in [7, 11) is 0. The van der Waals surface area contributed by atoms with Gasteiger partial charge in [-0.1, -0.05) is 56.3 Å². The summed E-state index contributed by atoms with van der Waals surface area (Å²) in [5, 5.41) is 3.70. The highest BCUT2D eigenvalue weighted by Gasteiger charge is 2.16. The summed E-state index contributed by atoms with van der Waals surface area (Å²) in [6.07, 6.45) is 0. The molecule has 0 spiro atoms. The predicted octanol–water partition coefficient (Wildman–Crippen LogP) is 5.11. The zero-order valence-corrected chi connectivity index (χ0v) is 12.3. The fourth-order valence-corrected chi connectivity index (χ4v) is 2.35. The second-order valence-corrected chi connectivity index (χ2v) is 5.60. The molecule has 0 amide bonds. The molecule has 2 aromatic carbocycles. The van der Waals surface area contributed by atoms with Gasteiger partial charge < -0.3 is 5.32 Å². The normalized spacial score (nSPS) is 12.5. The van der Waals surface area contributed by atoms with Crippen molar-refractivity contribution in [2.45, 2.75) is 33.7 Å². The van der Waals surface area contributed by atoms with Gasteiger partial charge in [-0.3, -0.25) is 0 Å². The summed E-state index contributed by atoms with van der Waals surface area (Å²) in [6, 6.07) is 17.6. The minimum Gasteiger partial charge on any atom is -0.378 e. The molecule has 0 fully saturated rings. The van der Waals surface area contributed by atoms with Crippen LogP contribution in [0.4, 0.5) is 5.69 Å². The van der Waals surface area contributed by atoms with E-state index >= 15 is 0 Å². The molecule has 0 aliphatic heterocycles. The Morgan fingerprint density at radius 3 is 2.21 bits per heavy atom. The lowest BCUT2D eigenvalue weighted by Crippen LogP contribution is -2.17. The molecule has 0 heterocycles. The van der Waals surface area contributed by atoms with Crippen LogP contribution in [0.5, 0.6) is 0 Å². The number of anilines is 1. The quantitative estimate of drug-likeness (QED) is 0.798. The van der Waals surface area contributed by atoms with Crippen LogP contribution in [0.25, 0.3) is 0 Å². The van der Waals surface area contributed by atoms with E-state index in [4.69, 9.17) is 0 Å². The van der Waals surface area contributed by atoms with Gasteiger partial charge >= 0.3 is 0 Å². The van der Waals surface area contributed by atoms with Gasteiger partial charge in [0.05, 0.1) is 6.04 Å². The molecule has 0 bridgehead atoms. The van der Waals surface area contributed by atoms with Crippen molar-refractivity contribution in [3.63, 3.8) is 0 Å². The monoisotopic (exact) mass is 253 g/mol. The standard InChI is InChI=1S/C18H23N/c1-13(2)18(16-8-6-5-7-9-16)19-17-12-14(3)10-11-15(17)4/h5-13,18-19H,1-4H3. The summed E-state index contributed by atoms with van der Waals surface area (Å²) in [5.41, 5.74) is 5.18. The Bertz CT molecular complexity index is 529. The van der Waals surface area contributed by atoms with E-state index in [1.54, 1.807) is 0 Å². The van der Waals surface area contributed by atoms with Crippen LogP contribution in [0.2, 0.25) is 0 Å². The smallest absolute Gasteiger partial charge is 0.0536 e. The molecule has 0 aromatic heterocycles. The highest BCUT2D eigenvalue weighted by molar-refractivity contribution is 5.54. The molecule has 0 radical (unpaired) electrons. The molecule has 1 heteroatoms. The van der Waals surface area contributed by atoms with Crippen LogP contribution in [0.3, 0.4) is 0 Å². The van der Waals surface area contributed by atoms with Crippen molar-refractivity contribution in [3.8, 4) is 0 Å². The Labute approximate surface area is 116 Å². The lowest BCUT2D eigenvalue weighted by molar-refractivity contribution is 0.546. The van der Waals surface area contributed by atoms with Crippen LogP contribution in [0, 0.1) is 19.8 Å². The summed E-state index contributed by atoms with van der Waals surface area (Å²) in [6.45, 7) is 8.81. The third-order valence-corrected chi connectivity index (χ3v) is 3.53. The summed E-state index contributed by atoms with van der Waals surface area (Å²) < 4.78 is 0. The first kappa shape index (κ1) is 13.7. The molecule has 2 aromatic rings. The minimum atomic E-state index is 0.349. The first-order valence-electron chi connectivity index (χ1n) is 6.96. The Morgan fingerprint density at radius 1 is 0.895 bits per heavy atom. The first-order valence-corrected chi connectivity index (χ1v) is 6.96. The number of nitrogens with one attached hydrogen (secondary N) is 1. The first-order chi connectivity index (χ1) is 9.08. The van der Waals surface area contributed by atoms with E-state index < -0.39 is 0 Å². The summed E-state index contributed by atoms with van der Waals surface area (Å²) in [5.74, 6) is 0.544. The third-order valence-electron chi connectivity index (χ3n) is 3.53. The highest BCUT2D eigenvalue weighted by Crippen LogP contribution is 2.28. The van der Waals surface area contributed by atoms with Gasteiger partial charge in [-0.25, -0.2) is 0 Å². The molecular formula is C18H23N. The number of hydrogen-bond donors (Lipinski definition) is 1. The molecule has 0 saturated carbocycles. The summed E-state index contributed by atoms with van der Waals surface area (Å²) in [4.78, 5) is 0. The maximum Gasteiger partial charge on any atom is 0.0536 e. The van der Waals surface area contributed by atoms with E-state index in [1.807, 2.05) is 0 Å². The molecular weight excluding hydrogens is 230 g/mol. The highest BCUT2D eigenvalue weighted by atomic mass is 14.9. The van der Waals surface area contributed by atoms with E-state index in [2.05, 4.69) is 81.5 Å². The van der Waals surface area contributed by atoms with E-state index in [0.29, 0.717) is 12.0 Å². The average molecular weight is 253 g/mol. The van der Waals surface area contributed by atoms with E-state index in [-0.39, 0.29) is 0 Å². The van der Waals surface area contributed by atoms with E-state index in [9.17, 15) is 0 Å². The van der Waals surface area contributed by atoms with Gasteiger partial charge in [0.1, 0.15) is 0 Å². The molecule has 0 saturated heterocycles. The molecule has 0 aliphatic carbocycles. The van der Waals surface area contributed by atoms with Crippen molar-refractivity contribution in [1.82, 2.24) is 0 Å². The SMILES string of the molecule is Cc1ccc(C)c(NC(c2ccccc2)C(C)C)c1. The van der Waals surface area contributed by atoms with Gasteiger partial charge in [0, 0.05) is 5.69 Å². The van der Waals surface area contributed by atoms with Crippen LogP contribution in [0.1, 0.15) is 36.6 Å². The number of hydrogen-bond acceptors (Lipinski definition) is 1. The Hall–Kier alpha value is -1.76. The third kappa shape index (κ3) is 3.37. The number of benzene rings is 2. The Morgan fingerprint density at radius 2 is 1.58 bits per heavy atom. The maximum absolute atomic E-state index is 3.70. The molecule has 1 atom stereocenters. The molecule has 0 aliphatic rings. The predicted molar refractivity (Wildman–Crippen MR) is 83.6 cm³/mol. The number of aryl methyl sites for hydroxylation is 2. The Balaban J connectivity index is 2.29. The maximum atomic E-state index is 3.70. The van der Waals surface area contributed by atoms with Crippen LogP contribution in [-0.2, 0) is 0 Å². The topological polar surface area (TPSA) is 12.0 Å². The van der Waals surface area contributed by atoms with Gasteiger partial charge in [0.2, 0.25) is 0 Å². The van der Waals surface area contributed by atoms with Crippen molar-refractivity contribution in [3.05, 3.63) is 65.2 Å². The molecule has 1 nitrogen and oxygen atoms in total. The van der Waals surface area contributed by atoms with Gasteiger partial charge in [-0.05, 0) is 42.5 Å². The van der Waals surface area contributed by atoms with E-state index in [1.165, 1.54) is 22.4 Å². The number of rotatable bonds is 4. The van der Waals surface area contributed by atoms with Crippen molar-refractivity contribution in [2.24, 2.45) is 5.92 Å². The van der Waals surface area contributed by atoms with Crippen LogP contribution in [-0.4, -0.2) is 0 Å². The van der Waals surface area contributed by atoms with Crippen LogP contribution in [0.15, 0.2) is 48.5 Å². The van der Waals surface area contributed by atoms with Crippen molar-refractivity contribution >= 4 is 5.69 Å². The van der Waals surface area contributed by atoms with Crippen molar-refractivity contribution < 1.29 is 0 Å². The molecule has 1 N–H and O–H groups in total.